The smallest absolute Gasteiger partial charge is 0.319 e. The van der Waals surface area contributed by atoms with Gasteiger partial charge in [0, 0.05) is 0 Å². The summed E-state index contributed by atoms with van der Waals surface area (Å²) < 4.78 is 5.65. The Morgan fingerprint density at radius 1 is 1.20 bits per heavy atom. The summed E-state index contributed by atoms with van der Waals surface area (Å²) in [6, 6.07) is 9.96. The summed E-state index contributed by atoms with van der Waals surface area (Å²) in [6.45, 7) is 4.47. The van der Waals surface area contributed by atoms with Crippen molar-refractivity contribution in [2.24, 2.45) is 11.8 Å². The number of hydrogen-bond donors (Lipinski definition) is 1. The lowest BCUT2D eigenvalue weighted by Gasteiger charge is -2.31. The SMILES string of the molecule is CC1CC(C)CC(OC(=O)C(S)Cc2ccccc2)C1. The van der Waals surface area contributed by atoms with Crippen LogP contribution in [0.4, 0.5) is 0 Å². The van der Waals surface area contributed by atoms with Crippen molar-refractivity contribution >= 4 is 18.6 Å². The highest BCUT2D eigenvalue weighted by Gasteiger charge is 2.28. The maximum absolute atomic E-state index is 12.1. The summed E-state index contributed by atoms with van der Waals surface area (Å²) in [5, 5.41) is -0.370. The average molecular weight is 292 g/mol. The van der Waals surface area contributed by atoms with Gasteiger partial charge in [0.2, 0.25) is 0 Å². The number of thiol groups is 1. The molecule has 20 heavy (non-hydrogen) atoms. The van der Waals surface area contributed by atoms with Gasteiger partial charge >= 0.3 is 5.97 Å². The molecule has 3 unspecified atom stereocenters. The Kier molecular flexibility index (Phi) is 5.53. The van der Waals surface area contributed by atoms with Crippen LogP contribution in [0.1, 0.15) is 38.7 Å². The number of hydrogen-bond acceptors (Lipinski definition) is 3. The standard InChI is InChI=1S/C17H24O2S/c1-12-8-13(2)10-15(9-12)19-17(18)16(20)11-14-6-4-3-5-7-14/h3-7,12-13,15-16,20H,8-11H2,1-2H3. The Hall–Kier alpha value is -0.960. The quantitative estimate of drug-likeness (QED) is 0.673. The van der Waals surface area contributed by atoms with Crippen LogP contribution in [0.5, 0.6) is 0 Å². The highest BCUT2D eigenvalue weighted by Crippen LogP contribution is 2.30. The minimum atomic E-state index is -0.370. The van der Waals surface area contributed by atoms with Crippen molar-refractivity contribution < 1.29 is 9.53 Å². The molecular formula is C17H24O2S. The maximum atomic E-state index is 12.1. The zero-order chi connectivity index (χ0) is 14.5. The van der Waals surface area contributed by atoms with E-state index in [4.69, 9.17) is 4.74 Å². The van der Waals surface area contributed by atoms with Crippen molar-refractivity contribution in [3.63, 3.8) is 0 Å². The van der Waals surface area contributed by atoms with Gasteiger partial charge in [-0.1, -0.05) is 44.2 Å². The molecule has 110 valence electrons. The summed E-state index contributed by atoms with van der Waals surface area (Å²) in [5.74, 6) is 1.11. The van der Waals surface area contributed by atoms with Gasteiger partial charge in [0.05, 0.1) is 0 Å². The summed E-state index contributed by atoms with van der Waals surface area (Å²) in [6.07, 6.45) is 3.92. The van der Waals surface area contributed by atoms with E-state index in [0.717, 1.165) is 18.4 Å². The molecule has 3 heteroatoms. The normalized spacial score (nSPS) is 27.9. The molecule has 0 spiro atoms. The Bertz CT molecular complexity index is 422. The first kappa shape index (κ1) is 15.4. The van der Waals surface area contributed by atoms with Gasteiger partial charge in [0.15, 0.2) is 0 Å². The van der Waals surface area contributed by atoms with Crippen LogP contribution >= 0.6 is 12.6 Å². The fourth-order valence-corrected chi connectivity index (χ4v) is 3.40. The molecule has 3 atom stereocenters. The Balaban J connectivity index is 1.84. The van der Waals surface area contributed by atoms with Crippen LogP contribution in [0.3, 0.4) is 0 Å². The predicted molar refractivity (Wildman–Crippen MR) is 85.0 cm³/mol. The van der Waals surface area contributed by atoms with Crippen molar-refractivity contribution in [1.29, 1.82) is 0 Å². The van der Waals surface area contributed by atoms with Gasteiger partial charge in [-0.3, -0.25) is 4.79 Å². The van der Waals surface area contributed by atoms with Crippen LogP contribution in [-0.4, -0.2) is 17.3 Å². The molecule has 1 aromatic rings. The Morgan fingerprint density at radius 3 is 2.40 bits per heavy atom. The Labute approximate surface area is 127 Å². The molecule has 2 rings (SSSR count). The van der Waals surface area contributed by atoms with Gasteiger partial charge in [-0.25, -0.2) is 0 Å². The molecule has 1 saturated carbocycles. The lowest BCUT2D eigenvalue weighted by atomic mass is 9.82. The molecule has 0 saturated heterocycles. The van der Waals surface area contributed by atoms with Gasteiger partial charge < -0.3 is 4.74 Å². The van der Waals surface area contributed by atoms with E-state index in [2.05, 4.69) is 26.5 Å². The largest absolute Gasteiger partial charge is 0.462 e. The second kappa shape index (κ2) is 7.16. The second-order valence-corrected chi connectivity index (χ2v) is 6.81. The van der Waals surface area contributed by atoms with E-state index >= 15 is 0 Å². The summed E-state index contributed by atoms with van der Waals surface area (Å²) in [5.41, 5.74) is 1.12. The van der Waals surface area contributed by atoms with Crippen LogP contribution in [-0.2, 0) is 16.0 Å². The van der Waals surface area contributed by atoms with Gasteiger partial charge in [-0.15, -0.1) is 0 Å². The predicted octanol–water partition coefficient (Wildman–Crippen LogP) is 3.90. The first-order valence-corrected chi connectivity index (χ1v) is 7.98. The third-order valence-corrected chi connectivity index (χ3v) is 4.36. The molecule has 2 nitrogen and oxygen atoms in total. The number of esters is 1. The molecule has 1 fully saturated rings. The number of carbonyl (C=O) groups is 1. The van der Waals surface area contributed by atoms with Crippen LogP contribution < -0.4 is 0 Å². The minimum absolute atomic E-state index is 0.0756. The van der Waals surface area contributed by atoms with Crippen molar-refractivity contribution in [3.8, 4) is 0 Å². The Morgan fingerprint density at radius 2 is 1.80 bits per heavy atom. The van der Waals surface area contributed by atoms with E-state index in [0.29, 0.717) is 18.3 Å². The summed E-state index contributed by atoms with van der Waals surface area (Å²) in [4.78, 5) is 12.1. The molecule has 1 aromatic carbocycles. The van der Waals surface area contributed by atoms with Crippen molar-refractivity contribution in [2.45, 2.75) is 50.9 Å². The second-order valence-electron chi connectivity index (χ2n) is 6.18. The lowest BCUT2D eigenvalue weighted by Crippen LogP contribution is -2.32. The fraction of sp³-hybridized carbons (Fsp3) is 0.588. The highest BCUT2D eigenvalue weighted by atomic mass is 32.1. The molecule has 0 aromatic heterocycles. The zero-order valence-electron chi connectivity index (χ0n) is 12.3. The summed E-state index contributed by atoms with van der Waals surface area (Å²) >= 11 is 4.41. The third kappa shape index (κ3) is 4.55. The number of rotatable bonds is 4. The molecule has 0 aliphatic heterocycles. The third-order valence-electron chi connectivity index (χ3n) is 3.96. The number of carbonyl (C=O) groups excluding carboxylic acids is 1. The van der Waals surface area contributed by atoms with E-state index < -0.39 is 0 Å². The molecule has 1 aliphatic carbocycles. The molecule has 0 bridgehead atoms. The fourth-order valence-electron chi connectivity index (χ4n) is 3.13. The van der Waals surface area contributed by atoms with Crippen molar-refractivity contribution in [3.05, 3.63) is 35.9 Å². The monoisotopic (exact) mass is 292 g/mol. The van der Waals surface area contributed by atoms with Gasteiger partial charge in [0.25, 0.3) is 0 Å². The van der Waals surface area contributed by atoms with E-state index in [1.165, 1.54) is 6.42 Å². The topological polar surface area (TPSA) is 26.3 Å². The first-order chi connectivity index (χ1) is 9.54. The highest BCUT2D eigenvalue weighted by molar-refractivity contribution is 7.81. The average Bonchev–Trinajstić information content (AvgIpc) is 2.38. The van der Waals surface area contributed by atoms with E-state index in [1.807, 2.05) is 30.3 Å². The van der Waals surface area contributed by atoms with Crippen LogP contribution in [0.15, 0.2) is 30.3 Å². The van der Waals surface area contributed by atoms with Gasteiger partial charge in [-0.2, -0.15) is 12.6 Å². The zero-order valence-corrected chi connectivity index (χ0v) is 13.2. The molecule has 0 heterocycles. The molecule has 0 radical (unpaired) electrons. The number of ether oxygens (including phenoxy) is 1. The van der Waals surface area contributed by atoms with Crippen LogP contribution in [0.25, 0.3) is 0 Å². The molecule has 1 aliphatic rings. The maximum Gasteiger partial charge on any atom is 0.319 e. The molecular weight excluding hydrogens is 268 g/mol. The van der Waals surface area contributed by atoms with E-state index in [1.54, 1.807) is 0 Å². The lowest BCUT2D eigenvalue weighted by molar-refractivity contribution is -0.151. The van der Waals surface area contributed by atoms with E-state index in [9.17, 15) is 4.79 Å². The van der Waals surface area contributed by atoms with Crippen LogP contribution in [0.2, 0.25) is 0 Å². The summed E-state index contributed by atoms with van der Waals surface area (Å²) in [7, 11) is 0. The van der Waals surface area contributed by atoms with Crippen LogP contribution in [0, 0.1) is 11.8 Å². The molecule has 0 N–H and O–H groups in total. The van der Waals surface area contributed by atoms with Crippen molar-refractivity contribution in [1.82, 2.24) is 0 Å². The molecule has 0 amide bonds. The first-order valence-electron chi connectivity index (χ1n) is 7.47. The minimum Gasteiger partial charge on any atom is -0.462 e. The van der Waals surface area contributed by atoms with Gasteiger partial charge in [0.1, 0.15) is 11.4 Å². The van der Waals surface area contributed by atoms with Gasteiger partial charge in [-0.05, 0) is 43.1 Å². The number of benzene rings is 1. The van der Waals surface area contributed by atoms with E-state index in [-0.39, 0.29) is 17.3 Å². The van der Waals surface area contributed by atoms with Crippen molar-refractivity contribution in [2.75, 3.05) is 0 Å².